The molecule has 2 aliphatic carbocycles. The monoisotopic (exact) mass is 434 g/mol. The molecule has 0 aromatic rings. The molecule has 6 heteroatoms. The molecule has 174 valence electrons. The average Bonchev–Trinajstić information content (AvgIpc) is 3.36. The quantitative estimate of drug-likeness (QED) is 0.158. The Labute approximate surface area is 186 Å². The lowest BCUT2D eigenvalue weighted by molar-refractivity contribution is -0.161. The van der Waals surface area contributed by atoms with Gasteiger partial charge < -0.3 is 14.2 Å². The first-order valence-electron chi connectivity index (χ1n) is 12.2. The lowest BCUT2D eigenvalue weighted by Crippen LogP contribution is -2.35. The summed E-state index contributed by atoms with van der Waals surface area (Å²) in [5.74, 6) is 0.162. The van der Waals surface area contributed by atoms with Crippen molar-refractivity contribution in [2.24, 2.45) is 17.8 Å². The predicted molar refractivity (Wildman–Crippen MR) is 116 cm³/mol. The van der Waals surface area contributed by atoms with E-state index in [0.717, 1.165) is 44.9 Å². The Bertz CT molecular complexity index is 656. The van der Waals surface area contributed by atoms with E-state index in [0.29, 0.717) is 24.5 Å². The molecule has 1 saturated heterocycles. The van der Waals surface area contributed by atoms with Gasteiger partial charge in [0, 0.05) is 23.8 Å². The number of carbonyl (C=O) groups excluding carboxylic acids is 3. The smallest absolute Gasteiger partial charge is 0.333 e. The van der Waals surface area contributed by atoms with Crippen LogP contribution in [0.2, 0.25) is 0 Å². The van der Waals surface area contributed by atoms with Gasteiger partial charge in [-0.25, -0.2) is 4.79 Å². The molecular weight excluding hydrogens is 396 g/mol. The zero-order valence-electron chi connectivity index (χ0n) is 18.9. The Morgan fingerprint density at radius 3 is 2.23 bits per heavy atom. The number of hydrogen-bond donors (Lipinski definition) is 0. The summed E-state index contributed by atoms with van der Waals surface area (Å²) in [5, 5.41) is 0. The molecule has 1 heterocycles. The number of esters is 3. The average molecular weight is 435 g/mol. The van der Waals surface area contributed by atoms with E-state index in [1.165, 1.54) is 32.1 Å². The third-order valence-corrected chi connectivity index (χ3v) is 7.04. The molecule has 0 spiro atoms. The molecule has 2 bridgehead atoms. The highest BCUT2D eigenvalue weighted by Gasteiger charge is 2.63. The molecule has 3 aliphatic rings. The second-order valence-electron chi connectivity index (χ2n) is 9.56. The molecule has 0 amide bonds. The van der Waals surface area contributed by atoms with Gasteiger partial charge in [-0.15, -0.1) is 0 Å². The van der Waals surface area contributed by atoms with Crippen LogP contribution in [0.1, 0.15) is 90.4 Å². The first kappa shape index (κ1) is 23.8. The Kier molecular flexibility index (Phi) is 8.97. The number of ether oxygens (including phenoxy) is 3. The van der Waals surface area contributed by atoms with Gasteiger partial charge in [0.1, 0.15) is 12.2 Å². The summed E-state index contributed by atoms with van der Waals surface area (Å²) in [6.07, 6.45) is 13.1. The van der Waals surface area contributed by atoms with E-state index in [1.807, 2.05) is 0 Å². The Morgan fingerprint density at radius 2 is 1.58 bits per heavy atom. The van der Waals surface area contributed by atoms with Crippen molar-refractivity contribution >= 4 is 17.9 Å². The molecule has 0 N–H and O–H groups in total. The number of rotatable bonds is 15. The van der Waals surface area contributed by atoms with Gasteiger partial charge in [-0.05, 0) is 32.6 Å². The molecule has 5 unspecified atom stereocenters. The van der Waals surface area contributed by atoms with E-state index >= 15 is 0 Å². The Balaban J connectivity index is 1.10. The standard InChI is InChI=1S/C25H38O6/c1-17(2)24(27)29-14-12-10-8-6-4-3-5-7-9-11-13-21(26)30-22-18-15-19-20(16-18)25(28)31-23(19)22/h18-20,22-23H,1,3-16H2,2H3. The van der Waals surface area contributed by atoms with Gasteiger partial charge in [0.2, 0.25) is 0 Å². The number of unbranched alkanes of at least 4 members (excludes halogenated alkanes) is 9. The molecule has 3 rings (SSSR count). The highest BCUT2D eigenvalue weighted by atomic mass is 16.6. The van der Waals surface area contributed by atoms with Crippen molar-refractivity contribution in [3.8, 4) is 0 Å². The largest absolute Gasteiger partial charge is 0.462 e. The lowest BCUT2D eigenvalue weighted by atomic mass is 9.88. The van der Waals surface area contributed by atoms with Gasteiger partial charge in [-0.3, -0.25) is 9.59 Å². The molecule has 5 atom stereocenters. The third-order valence-electron chi connectivity index (χ3n) is 7.04. The summed E-state index contributed by atoms with van der Waals surface area (Å²) in [5.41, 5.74) is 0.455. The second-order valence-corrected chi connectivity index (χ2v) is 9.56. The molecule has 0 radical (unpaired) electrons. The SMILES string of the molecule is C=C(C)C(=O)OCCCCCCCCCCCCC(=O)OC1C2CC3C(=O)OC1C3C2. The van der Waals surface area contributed by atoms with Crippen LogP contribution in [0.15, 0.2) is 12.2 Å². The lowest BCUT2D eigenvalue weighted by Gasteiger charge is -2.25. The maximum absolute atomic E-state index is 12.2. The molecule has 31 heavy (non-hydrogen) atoms. The molecule has 0 aromatic carbocycles. The summed E-state index contributed by atoms with van der Waals surface area (Å²) in [6.45, 7) is 5.72. The first-order valence-corrected chi connectivity index (χ1v) is 12.2. The van der Waals surface area contributed by atoms with Gasteiger partial charge in [-0.2, -0.15) is 0 Å². The summed E-state index contributed by atoms with van der Waals surface area (Å²) >= 11 is 0. The van der Waals surface area contributed by atoms with Gasteiger partial charge in [-0.1, -0.05) is 57.9 Å². The van der Waals surface area contributed by atoms with Crippen LogP contribution in [0.5, 0.6) is 0 Å². The topological polar surface area (TPSA) is 78.9 Å². The van der Waals surface area contributed by atoms with Gasteiger partial charge in [0.15, 0.2) is 0 Å². The van der Waals surface area contributed by atoms with Crippen molar-refractivity contribution in [3.05, 3.63) is 12.2 Å². The van der Waals surface area contributed by atoms with E-state index in [-0.39, 0.29) is 42.0 Å². The van der Waals surface area contributed by atoms with E-state index in [1.54, 1.807) is 6.92 Å². The van der Waals surface area contributed by atoms with E-state index < -0.39 is 0 Å². The fourth-order valence-electron chi connectivity index (χ4n) is 5.35. The van der Waals surface area contributed by atoms with Crippen molar-refractivity contribution in [2.45, 2.75) is 103 Å². The molecule has 0 aromatic heterocycles. The molecular formula is C25H38O6. The van der Waals surface area contributed by atoms with Crippen LogP contribution < -0.4 is 0 Å². The number of carbonyl (C=O) groups is 3. The number of fused-ring (bicyclic) bond motifs is 1. The number of hydrogen-bond acceptors (Lipinski definition) is 6. The molecule has 1 aliphatic heterocycles. The van der Waals surface area contributed by atoms with Gasteiger partial charge in [0.05, 0.1) is 12.5 Å². The summed E-state index contributed by atoms with van der Waals surface area (Å²) < 4.78 is 16.2. The summed E-state index contributed by atoms with van der Waals surface area (Å²) in [4.78, 5) is 35.2. The minimum Gasteiger partial charge on any atom is -0.462 e. The van der Waals surface area contributed by atoms with Crippen LogP contribution in [0.3, 0.4) is 0 Å². The molecule has 3 fully saturated rings. The third kappa shape index (κ3) is 6.56. The van der Waals surface area contributed by atoms with Crippen molar-refractivity contribution in [1.29, 1.82) is 0 Å². The van der Waals surface area contributed by atoms with Crippen LogP contribution in [0.4, 0.5) is 0 Å². The van der Waals surface area contributed by atoms with Crippen molar-refractivity contribution < 1.29 is 28.6 Å². The minimum absolute atomic E-state index is 0.0660. The Hall–Kier alpha value is -1.85. The van der Waals surface area contributed by atoms with E-state index in [4.69, 9.17) is 14.2 Å². The van der Waals surface area contributed by atoms with Crippen LogP contribution in [-0.4, -0.2) is 36.7 Å². The van der Waals surface area contributed by atoms with Crippen LogP contribution in [0.25, 0.3) is 0 Å². The second kappa shape index (κ2) is 11.7. The van der Waals surface area contributed by atoms with Gasteiger partial charge >= 0.3 is 17.9 Å². The predicted octanol–water partition coefficient (Wildman–Crippen LogP) is 4.89. The highest BCUT2D eigenvalue weighted by molar-refractivity contribution is 5.86. The normalized spacial score (nSPS) is 27.9. The summed E-state index contributed by atoms with van der Waals surface area (Å²) in [7, 11) is 0. The van der Waals surface area contributed by atoms with E-state index in [2.05, 4.69) is 6.58 Å². The van der Waals surface area contributed by atoms with E-state index in [9.17, 15) is 14.4 Å². The van der Waals surface area contributed by atoms with Gasteiger partial charge in [0.25, 0.3) is 0 Å². The van der Waals surface area contributed by atoms with Crippen molar-refractivity contribution in [1.82, 2.24) is 0 Å². The summed E-state index contributed by atoms with van der Waals surface area (Å²) in [6, 6.07) is 0. The van der Waals surface area contributed by atoms with Crippen LogP contribution in [0, 0.1) is 17.8 Å². The maximum atomic E-state index is 12.2. The molecule has 6 nitrogen and oxygen atoms in total. The van der Waals surface area contributed by atoms with Crippen LogP contribution >= 0.6 is 0 Å². The zero-order valence-corrected chi connectivity index (χ0v) is 18.9. The maximum Gasteiger partial charge on any atom is 0.333 e. The van der Waals surface area contributed by atoms with Crippen LogP contribution in [-0.2, 0) is 28.6 Å². The zero-order chi connectivity index (χ0) is 22.2. The minimum atomic E-state index is -0.295. The fraction of sp³-hybridized carbons (Fsp3) is 0.800. The Morgan fingerprint density at radius 1 is 0.968 bits per heavy atom. The molecule has 2 saturated carbocycles. The first-order chi connectivity index (χ1) is 15.0. The highest BCUT2D eigenvalue weighted by Crippen LogP contribution is 2.55. The fourth-order valence-corrected chi connectivity index (χ4v) is 5.35. The van der Waals surface area contributed by atoms with Crippen molar-refractivity contribution in [3.63, 3.8) is 0 Å². The van der Waals surface area contributed by atoms with Crippen molar-refractivity contribution in [2.75, 3.05) is 6.61 Å².